The number of carbonyl (C=O) groups excluding carboxylic acids is 1. The van der Waals surface area contributed by atoms with Gasteiger partial charge in [0.15, 0.2) is 0 Å². The second-order valence-electron chi connectivity index (χ2n) is 11.8. The summed E-state index contributed by atoms with van der Waals surface area (Å²) in [5, 5.41) is 0. The van der Waals surface area contributed by atoms with Gasteiger partial charge in [0.2, 0.25) is 0 Å². The molecule has 0 saturated carbocycles. The highest BCUT2D eigenvalue weighted by atomic mass is 31.2. The molecule has 1 fully saturated rings. The third kappa shape index (κ3) is 24.2. The van der Waals surface area contributed by atoms with Crippen molar-refractivity contribution in [1.82, 2.24) is 0 Å². The number of likely N-dealkylation sites (tertiary alicyclic amines) is 1. The molecule has 1 rings (SSSR count). The zero-order valence-electron chi connectivity index (χ0n) is 25.9. The van der Waals surface area contributed by atoms with E-state index in [1.807, 2.05) is 6.92 Å². The Hall–Kier alpha value is -0.100. The van der Waals surface area contributed by atoms with E-state index in [-0.39, 0.29) is 11.7 Å². The number of hydrogen-bond donors (Lipinski definition) is 2. The van der Waals surface area contributed by atoms with Crippen LogP contribution in [0.15, 0.2) is 0 Å². The molecule has 1 saturated heterocycles. The molecule has 0 bridgehead atoms. The lowest BCUT2D eigenvalue weighted by molar-refractivity contribution is -0.887. The quantitative estimate of drug-likeness (QED) is 0.0684. The summed E-state index contributed by atoms with van der Waals surface area (Å²) in [5.74, 6) is 0.230. The van der Waals surface area contributed by atoms with Crippen LogP contribution < -0.4 is 4.90 Å². The van der Waals surface area contributed by atoms with E-state index in [9.17, 15) is 9.69 Å². The predicted octanol–water partition coefficient (Wildman–Crippen LogP) is 7.57. The molecule has 2 atom stereocenters. The summed E-state index contributed by atoms with van der Waals surface area (Å²) in [7, 11) is -1.89. The summed E-state index contributed by atoms with van der Waals surface area (Å²) >= 11 is 0. The normalized spacial score (nSPS) is 15.7. The Balaban J connectivity index is 2.00. The molecule has 232 valence electrons. The molecule has 0 amide bonds. The Morgan fingerprint density at radius 1 is 0.718 bits per heavy atom. The van der Waals surface area contributed by atoms with Crippen molar-refractivity contribution in [2.45, 2.75) is 149 Å². The van der Waals surface area contributed by atoms with E-state index in [1.54, 1.807) is 4.90 Å². The maximum absolute atomic E-state index is 12.2. The molecule has 2 unspecified atom stereocenters. The molecule has 0 aromatic rings. The van der Waals surface area contributed by atoms with Crippen LogP contribution in [-0.2, 0) is 18.6 Å². The van der Waals surface area contributed by atoms with Crippen molar-refractivity contribution in [3.63, 3.8) is 0 Å². The van der Waals surface area contributed by atoms with Gasteiger partial charge in [0.1, 0.15) is 5.78 Å². The van der Waals surface area contributed by atoms with Crippen molar-refractivity contribution in [3.05, 3.63) is 0 Å². The molecule has 1 aliphatic rings. The minimum Gasteiger partial charge on any atom is -0.381 e. The highest BCUT2D eigenvalue weighted by Crippen LogP contribution is 2.33. The number of quaternary nitrogens is 1. The van der Waals surface area contributed by atoms with Crippen molar-refractivity contribution < 1.29 is 28.4 Å². The van der Waals surface area contributed by atoms with Gasteiger partial charge in [-0.1, -0.05) is 104 Å². The van der Waals surface area contributed by atoms with Crippen LogP contribution in [0, 0.1) is 5.92 Å². The van der Waals surface area contributed by atoms with Crippen LogP contribution in [0.5, 0.6) is 0 Å². The largest absolute Gasteiger partial charge is 0.381 e. The molecule has 0 spiro atoms. The summed E-state index contributed by atoms with van der Waals surface area (Å²) in [5.41, 5.74) is 0. The number of nitrogens with one attached hydrogen (secondary N) is 1. The van der Waals surface area contributed by atoms with Crippen LogP contribution in [0.25, 0.3) is 0 Å². The number of unbranched alkanes of at least 4 members (excludes halogenated alkanes) is 14. The van der Waals surface area contributed by atoms with Crippen molar-refractivity contribution >= 4 is 14.4 Å². The second kappa shape index (κ2) is 28.0. The minimum atomic E-state index is -1.89. The third-order valence-electron chi connectivity index (χ3n) is 7.90. The summed E-state index contributed by atoms with van der Waals surface area (Å²) in [6.45, 7) is 10.0. The van der Waals surface area contributed by atoms with Crippen molar-refractivity contribution in [1.29, 1.82) is 0 Å². The second-order valence-corrected chi connectivity index (χ2v) is 12.8. The fourth-order valence-corrected chi connectivity index (χ4v) is 6.19. The Morgan fingerprint density at radius 3 is 1.85 bits per heavy atom. The monoisotopic (exact) mass is 574 g/mol. The number of hydrogen-bond acceptors (Lipinski definition) is 5. The van der Waals surface area contributed by atoms with Crippen molar-refractivity contribution in [2.24, 2.45) is 5.92 Å². The molecule has 2 N–H and O–H groups in total. The smallest absolute Gasteiger partial charge is 0.329 e. The molecule has 7 heteroatoms. The van der Waals surface area contributed by atoms with Gasteiger partial charge < -0.3 is 23.6 Å². The van der Waals surface area contributed by atoms with Gasteiger partial charge in [0.05, 0.1) is 39.5 Å². The average molecular weight is 575 g/mol. The Labute approximate surface area is 243 Å². The fourth-order valence-electron chi connectivity index (χ4n) is 5.49. The molecule has 1 aliphatic heterocycles. The van der Waals surface area contributed by atoms with Crippen LogP contribution >= 0.6 is 8.60 Å². The first-order chi connectivity index (χ1) is 19.2. The van der Waals surface area contributed by atoms with E-state index in [4.69, 9.17) is 13.8 Å². The first kappa shape index (κ1) is 36.9. The van der Waals surface area contributed by atoms with E-state index in [0.717, 1.165) is 32.4 Å². The predicted molar refractivity (Wildman–Crippen MR) is 164 cm³/mol. The number of carbonyl (C=O) groups is 1. The first-order valence-electron chi connectivity index (χ1n) is 16.8. The zero-order chi connectivity index (χ0) is 28.2. The SMILES string of the molecule is CCCCCCCCCCCCCCCCCOCC(COP(O)OCCC[NH+]1CCCC1)CC(=O)CCC. The Kier molecular flexibility index (Phi) is 26.5. The third-order valence-corrected chi connectivity index (χ3v) is 8.67. The summed E-state index contributed by atoms with van der Waals surface area (Å²) in [6, 6.07) is 0. The molecule has 0 aliphatic carbocycles. The van der Waals surface area contributed by atoms with Gasteiger partial charge in [-0.15, -0.1) is 0 Å². The summed E-state index contributed by atoms with van der Waals surface area (Å²) in [6.07, 6.45) is 25.9. The molecular formula is C32H65NO5P+. The van der Waals surface area contributed by atoms with Crippen LogP contribution in [0.1, 0.15) is 149 Å². The van der Waals surface area contributed by atoms with Crippen molar-refractivity contribution in [2.75, 3.05) is 46.1 Å². The maximum Gasteiger partial charge on any atom is 0.329 e. The molecule has 0 aromatic heterocycles. The Bertz CT molecular complexity index is 533. The van der Waals surface area contributed by atoms with Gasteiger partial charge in [-0.25, -0.2) is 0 Å². The lowest BCUT2D eigenvalue weighted by Crippen LogP contribution is -3.10. The van der Waals surface area contributed by atoms with Gasteiger partial charge >= 0.3 is 8.60 Å². The molecule has 39 heavy (non-hydrogen) atoms. The molecule has 1 heterocycles. The topological polar surface area (TPSA) is 69.4 Å². The van der Waals surface area contributed by atoms with Gasteiger partial charge in [-0.05, 0) is 12.8 Å². The van der Waals surface area contributed by atoms with Crippen LogP contribution in [-0.4, -0.2) is 56.7 Å². The lowest BCUT2D eigenvalue weighted by atomic mass is 10.0. The molecule has 0 radical (unpaired) electrons. The highest BCUT2D eigenvalue weighted by Gasteiger charge is 2.18. The lowest BCUT2D eigenvalue weighted by Gasteiger charge is -2.19. The van der Waals surface area contributed by atoms with Gasteiger partial charge in [-0.2, -0.15) is 0 Å². The summed E-state index contributed by atoms with van der Waals surface area (Å²) < 4.78 is 17.0. The van der Waals surface area contributed by atoms with Gasteiger partial charge in [0.25, 0.3) is 0 Å². The Morgan fingerprint density at radius 2 is 1.28 bits per heavy atom. The van der Waals surface area contributed by atoms with Crippen LogP contribution in [0.4, 0.5) is 0 Å². The first-order valence-corrected chi connectivity index (χ1v) is 18.0. The number of rotatable bonds is 30. The summed E-state index contributed by atoms with van der Waals surface area (Å²) in [4.78, 5) is 24.0. The van der Waals surface area contributed by atoms with E-state index in [1.165, 1.54) is 116 Å². The number of ether oxygens (including phenoxy) is 1. The van der Waals surface area contributed by atoms with E-state index >= 15 is 0 Å². The molecular weight excluding hydrogens is 509 g/mol. The highest BCUT2D eigenvalue weighted by molar-refractivity contribution is 7.40. The van der Waals surface area contributed by atoms with Gasteiger partial charge in [-0.3, -0.25) is 4.79 Å². The van der Waals surface area contributed by atoms with E-state index in [0.29, 0.717) is 32.7 Å². The van der Waals surface area contributed by atoms with E-state index < -0.39 is 8.60 Å². The zero-order valence-corrected chi connectivity index (χ0v) is 26.8. The fraction of sp³-hybridized carbons (Fsp3) is 0.969. The van der Waals surface area contributed by atoms with Gasteiger partial charge in [0, 0.05) is 44.6 Å². The van der Waals surface area contributed by atoms with Crippen LogP contribution in [0.2, 0.25) is 0 Å². The minimum absolute atomic E-state index is 0.0183. The number of ketones is 1. The maximum atomic E-state index is 12.2. The van der Waals surface area contributed by atoms with Crippen LogP contribution in [0.3, 0.4) is 0 Å². The van der Waals surface area contributed by atoms with Crippen molar-refractivity contribution in [3.8, 4) is 0 Å². The molecule has 0 aromatic carbocycles. The number of Topliss-reactive ketones (excluding diaryl/α,β-unsaturated/α-hetero) is 1. The molecule has 6 nitrogen and oxygen atoms in total. The standard InChI is InChI=1S/C32H64NO5P/c1-3-5-6-7-8-9-10-11-12-13-14-15-16-17-20-26-36-29-31(28-32(34)22-4-2)30-38-39(35)37-27-21-25-33-23-18-19-24-33/h31,35H,3-30H2,1-2H3/p+1. The average Bonchev–Trinajstić information content (AvgIpc) is 3.45. The van der Waals surface area contributed by atoms with E-state index in [2.05, 4.69) is 6.92 Å².